The molecule has 0 saturated heterocycles. The van der Waals surface area contributed by atoms with Crippen molar-refractivity contribution in [2.45, 2.75) is 38.9 Å². The molecule has 0 aliphatic heterocycles. The van der Waals surface area contributed by atoms with Gasteiger partial charge in [-0.3, -0.25) is 0 Å². The van der Waals surface area contributed by atoms with Gasteiger partial charge in [0, 0.05) is 5.69 Å². The first-order valence-electron chi connectivity index (χ1n) is 9.64. The smallest absolute Gasteiger partial charge is 0.378 e. The van der Waals surface area contributed by atoms with E-state index in [1.165, 1.54) is 0 Å². The van der Waals surface area contributed by atoms with Gasteiger partial charge in [-0.1, -0.05) is 36.4 Å². The molecule has 5 heteroatoms. The number of benzene rings is 3. The van der Waals surface area contributed by atoms with Crippen LogP contribution in [0.15, 0.2) is 48.5 Å². The van der Waals surface area contributed by atoms with Crippen LogP contribution in [0.25, 0.3) is 10.8 Å². The molecule has 0 fully saturated rings. The van der Waals surface area contributed by atoms with E-state index in [0.29, 0.717) is 28.8 Å². The van der Waals surface area contributed by atoms with Gasteiger partial charge in [0.25, 0.3) is 0 Å². The molecule has 3 aromatic carbocycles. The molecule has 0 aromatic heterocycles. The molecule has 29 heavy (non-hydrogen) atoms. The van der Waals surface area contributed by atoms with Gasteiger partial charge in [-0.2, -0.15) is 18.4 Å². The van der Waals surface area contributed by atoms with Crippen molar-refractivity contribution >= 4 is 16.5 Å². The largest absolute Gasteiger partial charge is 0.394 e. The van der Waals surface area contributed by atoms with E-state index >= 15 is 0 Å². The minimum atomic E-state index is -4.32. The number of anilines is 1. The van der Waals surface area contributed by atoms with Gasteiger partial charge in [0.05, 0.1) is 23.6 Å². The van der Waals surface area contributed by atoms with Gasteiger partial charge in [-0.05, 0) is 71.8 Å². The molecule has 1 aliphatic carbocycles. The summed E-state index contributed by atoms with van der Waals surface area (Å²) in [5.41, 5.74) is 4.10. The van der Waals surface area contributed by atoms with Crippen LogP contribution < -0.4 is 5.32 Å². The summed E-state index contributed by atoms with van der Waals surface area (Å²) in [6.45, 7) is 3.60. The van der Waals surface area contributed by atoms with Crippen LogP contribution in [0.3, 0.4) is 0 Å². The second-order valence-corrected chi connectivity index (χ2v) is 7.75. The molecule has 0 heterocycles. The lowest BCUT2D eigenvalue weighted by Gasteiger charge is -2.37. The maximum Gasteiger partial charge on any atom is 0.394 e. The Morgan fingerprint density at radius 3 is 2.45 bits per heavy atom. The van der Waals surface area contributed by atoms with E-state index in [1.54, 1.807) is 6.92 Å². The van der Waals surface area contributed by atoms with Gasteiger partial charge in [0.1, 0.15) is 0 Å². The number of hydrogen-bond donors (Lipinski definition) is 1. The van der Waals surface area contributed by atoms with Crippen molar-refractivity contribution in [2.24, 2.45) is 5.92 Å². The third-order valence-electron chi connectivity index (χ3n) is 5.95. The number of halogens is 3. The van der Waals surface area contributed by atoms with E-state index in [9.17, 15) is 18.4 Å². The van der Waals surface area contributed by atoms with Crippen LogP contribution in [-0.4, -0.2) is 6.18 Å². The number of nitrogens with one attached hydrogen (secondary N) is 1. The number of alkyl halides is 3. The van der Waals surface area contributed by atoms with Gasteiger partial charge in [-0.15, -0.1) is 0 Å². The quantitative estimate of drug-likeness (QED) is 0.531. The molecular weight excluding hydrogens is 373 g/mol. The Morgan fingerprint density at radius 1 is 1.03 bits per heavy atom. The Kier molecular flexibility index (Phi) is 4.74. The van der Waals surface area contributed by atoms with E-state index in [4.69, 9.17) is 0 Å². The van der Waals surface area contributed by atoms with Gasteiger partial charge >= 0.3 is 6.18 Å². The van der Waals surface area contributed by atoms with Crippen molar-refractivity contribution in [3.05, 3.63) is 76.3 Å². The van der Waals surface area contributed by atoms with Crippen LogP contribution in [0, 0.1) is 31.1 Å². The molecule has 0 spiro atoms. The third kappa shape index (κ3) is 3.44. The highest BCUT2D eigenvalue weighted by molar-refractivity contribution is 5.85. The van der Waals surface area contributed by atoms with Crippen LogP contribution in [0.2, 0.25) is 0 Å². The number of aryl methyl sites for hydroxylation is 2. The Morgan fingerprint density at radius 2 is 1.76 bits per heavy atom. The van der Waals surface area contributed by atoms with E-state index in [0.717, 1.165) is 21.9 Å². The molecule has 148 valence electrons. The zero-order chi connectivity index (χ0) is 20.8. The van der Waals surface area contributed by atoms with Gasteiger partial charge in [-0.25, -0.2) is 0 Å². The molecule has 0 radical (unpaired) electrons. The number of hydrogen-bond acceptors (Lipinski definition) is 2. The van der Waals surface area contributed by atoms with E-state index in [-0.39, 0.29) is 6.42 Å². The van der Waals surface area contributed by atoms with Crippen molar-refractivity contribution in [3.8, 4) is 6.07 Å². The maximum atomic E-state index is 13.9. The zero-order valence-corrected chi connectivity index (χ0v) is 16.3. The van der Waals surface area contributed by atoms with E-state index < -0.39 is 18.1 Å². The molecule has 2 nitrogen and oxygen atoms in total. The van der Waals surface area contributed by atoms with Gasteiger partial charge in [0.2, 0.25) is 0 Å². The Hall–Kier alpha value is -3.00. The van der Waals surface area contributed by atoms with Crippen molar-refractivity contribution in [3.63, 3.8) is 0 Å². The monoisotopic (exact) mass is 394 g/mol. The average Bonchev–Trinajstić information content (AvgIpc) is 2.67. The van der Waals surface area contributed by atoms with E-state index in [1.807, 2.05) is 55.5 Å². The van der Waals surface area contributed by atoms with Crippen LogP contribution in [0.1, 0.15) is 40.3 Å². The molecular formula is C24H21F3N2. The molecule has 1 N–H and O–H groups in total. The SMILES string of the molecule is Cc1cc2c(c(C)c1C#N)C(Nc1ccc3ccccc3c1)C(C(F)(F)F)CC2. The lowest BCUT2D eigenvalue weighted by molar-refractivity contribution is -0.182. The molecule has 0 amide bonds. The molecule has 4 rings (SSSR count). The number of nitrogens with zero attached hydrogens (tertiary/aromatic N) is 1. The summed E-state index contributed by atoms with van der Waals surface area (Å²) < 4.78 is 41.8. The average molecular weight is 394 g/mol. The van der Waals surface area contributed by atoms with Crippen molar-refractivity contribution < 1.29 is 13.2 Å². The van der Waals surface area contributed by atoms with Gasteiger partial charge < -0.3 is 5.32 Å². The van der Waals surface area contributed by atoms with Crippen LogP contribution >= 0.6 is 0 Å². The lowest BCUT2D eigenvalue weighted by Crippen LogP contribution is -2.37. The highest BCUT2D eigenvalue weighted by atomic mass is 19.4. The standard InChI is InChI=1S/C24H21F3N2/c1-14-11-18-8-10-21(24(25,26)27)23(22(18)15(2)20(14)13-28)29-19-9-7-16-5-3-4-6-17(16)12-19/h3-7,9,11-12,21,23,29H,8,10H2,1-2H3. The third-order valence-corrected chi connectivity index (χ3v) is 5.95. The van der Waals surface area contributed by atoms with Crippen molar-refractivity contribution in [1.82, 2.24) is 0 Å². The molecule has 2 atom stereocenters. The van der Waals surface area contributed by atoms with Crippen LogP contribution in [0.5, 0.6) is 0 Å². The molecule has 3 aromatic rings. The van der Waals surface area contributed by atoms with E-state index in [2.05, 4.69) is 11.4 Å². The summed E-state index contributed by atoms with van der Waals surface area (Å²) in [5.74, 6) is -1.51. The molecule has 1 aliphatic rings. The predicted octanol–water partition coefficient (Wildman–Crippen LogP) is 6.61. The summed E-state index contributed by atoms with van der Waals surface area (Å²) in [4.78, 5) is 0. The summed E-state index contributed by atoms with van der Waals surface area (Å²) in [5, 5.41) is 14.7. The van der Waals surface area contributed by atoms with Gasteiger partial charge in [0.15, 0.2) is 0 Å². The summed E-state index contributed by atoms with van der Waals surface area (Å²) in [7, 11) is 0. The molecule has 0 bridgehead atoms. The zero-order valence-electron chi connectivity index (χ0n) is 16.3. The topological polar surface area (TPSA) is 35.8 Å². The van der Waals surface area contributed by atoms with Crippen LogP contribution in [-0.2, 0) is 6.42 Å². The van der Waals surface area contributed by atoms with Crippen LogP contribution in [0.4, 0.5) is 18.9 Å². The highest BCUT2D eigenvalue weighted by Gasteiger charge is 2.48. The van der Waals surface area contributed by atoms with Crippen molar-refractivity contribution in [1.29, 1.82) is 5.26 Å². The summed E-state index contributed by atoms with van der Waals surface area (Å²) in [6.07, 6.45) is -3.92. The second kappa shape index (κ2) is 7.11. The lowest BCUT2D eigenvalue weighted by atomic mass is 9.75. The summed E-state index contributed by atoms with van der Waals surface area (Å²) in [6, 6.07) is 16.5. The fourth-order valence-corrected chi connectivity index (χ4v) is 4.56. The number of nitriles is 1. The van der Waals surface area contributed by atoms with Crippen molar-refractivity contribution in [2.75, 3.05) is 5.32 Å². The second-order valence-electron chi connectivity index (χ2n) is 7.75. The first kappa shape index (κ1) is 19.3. The Balaban J connectivity index is 1.84. The fourth-order valence-electron chi connectivity index (χ4n) is 4.56. The first-order valence-corrected chi connectivity index (χ1v) is 9.64. The normalized spacial score (nSPS) is 18.9. The fraction of sp³-hybridized carbons (Fsp3) is 0.292. The number of fused-ring (bicyclic) bond motifs is 2. The Labute approximate surface area is 168 Å². The summed E-state index contributed by atoms with van der Waals surface area (Å²) >= 11 is 0. The first-order chi connectivity index (χ1) is 13.8. The molecule has 2 unspecified atom stereocenters. The highest BCUT2D eigenvalue weighted by Crippen LogP contribution is 2.47. The minimum Gasteiger partial charge on any atom is -0.378 e. The minimum absolute atomic E-state index is 0.0343. The predicted molar refractivity (Wildman–Crippen MR) is 109 cm³/mol. The number of rotatable bonds is 2. The Bertz CT molecular complexity index is 1130. The maximum absolute atomic E-state index is 13.9. The molecule has 0 saturated carbocycles.